The Labute approximate surface area is 118 Å². The summed E-state index contributed by atoms with van der Waals surface area (Å²) in [6.45, 7) is 0.817. The fraction of sp³-hybridized carbons (Fsp3) is 0.583. The first kappa shape index (κ1) is 14.2. The van der Waals surface area contributed by atoms with Gasteiger partial charge in [0, 0.05) is 6.61 Å². The van der Waals surface area contributed by atoms with Gasteiger partial charge in [-0.2, -0.15) is 4.98 Å². The predicted molar refractivity (Wildman–Crippen MR) is 69.1 cm³/mol. The highest BCUT2D eigenvalue weighted by Gasteiger charge is 2.25. The fourth-order valence-corrected chi connectivity index (χ4v) is 2.32. The third kappa shape index (κ3) is 2.43. The van der Waals surface area contributed by atoms with Crippen molar-refractivity contribution in [2.24, 2.45) is 0 Å². The molecule has 19 heavy (non-hydrogen) atoms. The van der Waals surface area contributed by atoms with Crippen molar-refractivity contribution in [3.05, 3.63) is 12.7 Å². The first-order valence-corrected chi connectivity index (χ1v) is 6.18. The van der Waals surface area contributed by atoms with E-state index in [1.54, 1.807) is 6.33 Å². The minimum Gasteiger partial charge on any atom is -1.00 e. The van der Waals surface area contributed by atoms with Crippen LogP contribution in [0.5, 0.6) is 0 Å². The summed E-state index contributed by atoms with van der Waals surface area (Å²) in [5.74, 6) is 0.928. The lowest BCUT2D eigenvalue weighted by atomic mass is 10.3. The van der Waals surface area contributed by atoms with E-state index in [0.717, 1.165) is 36.4 Å². The molecule has 1 atom stereocenters. The molecule has 0 aromatic carbocycles. The maximum atomic E-state index is 5.69. The molecule has 2 aromatic rings. The third-order valence-corrected chi connectivity index (χ3v) is 3.19. The van der Waals surface area contributed by atoms with E-state index in [-0.39, 0.29) is 18.6 Å². The molecule has 0 saturated carbocycles. The van der Waals surface area contributed by atoms with E-state index in [4.69, 9.17) is 4.74 Å². The van der Waals surface area contributed by atoms with Gasteiger partial charge in [0.25, 0.3) is 5.82 Å². The molecule has 1 unspecified atom stereocenters. The summed E-state index contributed by atoms with van der Waals surface area (Å²) in [7, 11) is 6.23. The summed E-state index contributed by atoms with van der Waals surface area (Å²) in [5, 5.41) is 0. The van der Waals surface area contributed by atoms with Gasteiger partial charge in [-0.3, -0.25) is 9.05 Å². The minimum atomic E-state index is 0. The van der Waals surface area contributed by atoms with Crippen molar-refractivity contribution in [1.29, 1.82) is 0 Å². The Morgan fingerprint density at radius 3 is 2.68 bits per heavy atom. The van der Waals surface area contributed by atoms with E-state index >= 15 is 0 Å². The number of nitrogens with zero attached hydrogens (tertiary/aromatic N) is 5. The Hall–Kier alpha value is -1.24. The molecule has 2 aromatic heterocycles. The molecule has 1 aliphatic heterocycles. The molecule has 1 fully saturated rings. The molecule has 7 heteroatoms. The fourth-order valence-electron chi connectivity index (χ4n) is 2.32. The normalized spacial score (nSPS) is 19.6. The zero-order valence-corrected chi connectivity index (χ0v) is 12.1. The van der Waals surface area contributed by atoms with Crippen LogP contribution in [0.15, 0.2) is 12.7 Å². The lowest BCUT2D eigenvalue weighted by Crippen LogP contribution is -3.00. The second-order valence-corrected chi connectivity index (χ2v) is 5.50. The highest BCUT2D eigenvalue weighted by molar-refractivity contribution is 5.81. The molecule has 3 rings (SSSR count). The Kier molecular flexibility index (Phi) is 3.75. The highest BCUT2D eigenvalue weighted by Crippen LogP contribution is 2.29. The number of rotatable bonds is 2. The first-order valence-electron chi connectivity index (χ1n) is 6.18. The molecule has 3 heterocycles. The molecule has 1 aliphatic rings. The zero-order chi connectivity index (χ0) is 12.8. The van der Waals surface area contributed by atoms with Crippen LogP contribution in [-0.2, 0) is 4.74 Å². The maximum Gasteiger partial charge on any atom is 0.258 e. The number of aromatic nitrogens is 4. The molecule has 0 N–H and O–H groups in total. The molecule has 0 aliphatic carbocycles. The van der Waals surface area contributed by atoms with Crippen LogP contribution < -0.4 is 16.9 Å². The summed E-state index contributed by atoms with van der Waals surface area (Å²) >= 11 is 0. The highest BCUT2D eigenvalue weighted by atomic mass is 35.5. The number of hydrogen-bond acceptors (Lipinski definition) is 4. The van der Waals surface area contributed by atoms with Crippen LogP contribution in [0.1, 0.15) is 19.1 Å². The van der Waals surface area contributed by atoms with Crippen molar-refractivity contribution in [2.45, 2.75) is 19.1 Å². The minimum absolute atomic E-state index is 0. The summed E-state index contributed by atoms with van der Waals surface area (Å²) in [6, 6.07) is 0. The number of hydrogen-bond donors (Lipinski definition) is 0. The van der Waals surface area contributed by atoms with Crippen LogP contribution >= 0.6 is 0 Å². The van der Waals surface area contributed by atoms with E-state index in [1.165, 1.54) is 0 Å². The van der Waals surface area contributed by atoms with E-state index in [1.807, 2.05) is 10.9 Å². The number of ether oxygens (including phenoxy) is 1. The average molecular weight is 284 g/mol. The van der Waals surface area contributed by atoms with Crippen molar-refractivity contribution in [2.75, 3.05) is 27.7 Å². The maximum absolute atomic E-state index is 5.69. The Morgan fingerprint density at radius 1 is 1.26 bits per heavy atom. The summed E-state index contributed by atoms with van der Waals surface area (Å²) < 4.78 is 8.33. The molecule has 0 amide bonds. The summed E-state index contributed by atoms with van der Waals surface area (Å²) in [4.78, 5) is 13.2. The lowest BCUT2D eigenvalue weighted by molar-refractivity contribution is -0.00000677. The predicted octanol–water partition coefficient (Wildman–Crippen LogP) is -1.66. The van der Waals surface area contributed by atoms with Gasteiger partial charge in [-0.05, 0) is 12.8 Å². The molecular formula is C12H18ClN5O. The summed E-state index contributed by atoms with van der Waals surface area (Å²) in [6.07, 6.45) is 5.61. The molecule has 1 saturated heterocycles. The summed E-state index contributed by atoms with van der Waals surface area (Å²) in [5.41, 5.74) is 1.72. The van der Waals surface area contributed by atoms with Gasteiger partial charge in [0.15, 0.2) is 11.2 Å². The van der Waals surface area contributed by atoms with E-state index in [2.05, 4.69) is 36.1 Å². The van der Waals surface area contributed by atoms with E-state index in [0.29, 0.717) is 4.48 Å². The van der Waals surface area contributed by atoms with Gasteiger partial charge in [-0.25, -0.2) is 9.97 Å². The van der Waals surface area contributed by atoms with Crippen LogP contribution in [0.4, 0.5) is 5.82 Å². The van der Waals surface area contributed by atoms with Gasteiger partial charge in [-0.15, -0.1) is 0 Å². The molecule has 104 valence electrons. The number of fused-ring (bicyclic) bond motifs is 1. The molecule has 0 bridgehead atoms. The quantitative estimate of drug-likeness (QED) is 0.619. The van der Waals surface area contributed by atoms with Gasteiger partial charge in [0.2, 0.25) is 0 Å². The standard InChI is InChI=1S/C12H18N5O.ClH/c1-17(2,3)12-10-11(13-7-14-12)16(8-15-10)9-5-4-6-18-9;/h7-9H,4-6H2,1-3H3;1H/q+1;/p-1. The SMILES string of the molecule is C[N+](C)(C)c1ncnc2c1ncn2C1CCCO1.[Cl-]. The van der Waals surface area contributed by atoms with Gasteiger partial charge >= 0.3 is 0 Å². The number of halogens is 1. The van der Waals surface area contributed by atoms with Crippen molar-refractivity contribution in [1.82, 2.24) is 24.0 Å². The topological polar surface area (TPSA) is 52.8 Å². The Morgan fingerprint density at radius 2 is 2.05 bits per heavy atom. The molecule has 6 nitrogen and oxygen atoms in total. The van der Waals surface area contributed by atoms with Crippen molar-refractivity contribution < 1.29 is 17.1 Å². The Bertz CT molecular complexity index is 571. The average Bonchev–Trinajstić information content (AvgIpc) is 2.95. The Balaban J connectivity index is 0.00000133. The van der Waals surface area contributed by atoms with Crippen molar-refractivity contribution in [3.8, 4) is 0 Å². The lowest BCUT2D eigenvalue weighted by Gasteiger charge is -2.21. The largest absolute Gasteiger partial charge is 1.00 e. The molecule has 0 radical (unpaired) electrons. The monoisotopic (exact) mass is 283 g/mol. The van der Waals surface area contributed by atoms with E-state index in [9.17, 15) is 0 Å². The number of imidazole rings is 1. The van der Waals surface area contributed by atoms with Gasteiger partial charge in [0.1, 0.15) is 12.6 Å². The smallest absolute Gasteiger partial charge is 0.258 e. The van der Waals surface area contributed by atoms with Crippen LogP contribution in [0, 0.1) is 0 Å². The van der Waals surface area contributed by atoms with Crippen LogP contribution in [0.3, 0.4) is 0 Å². The second-order valence-electron chi connectivity index (χ2n) is 5.50. The van der Waals surface area contributed by atoms with E-state index < -0.39 is 0 Å². The second kappa shape index (κ2) is 5.03. The van der Waals surface area contributed by atoms with Gasteiger partial charge < -0.3 is 17.1 Å². The van der Waals surface area contributed by atoms with Crippen LogP contribution in [-0.4, -0.2) is 47.3 Å². The van der Waals surface area contributed by atoms with Gasteiger partial charge in [-0.1, -0.05) is 0 Å². The van der Waals surface area contributed by atoms with Gasteiger partial charge in [0.05, 0.1) is 27.5 Å². The van der Waals surface area contributed by atoms with Crippen LogP contribution in [0.2, 0.25) is 0 Å². The zero-order valence-electron chi connectivity index (χ0n) is 11.4. The van der Waals surface area contributed by atoms with Crippen molar-refractivity contribution in [3.63, 3.8) is 0 Å². The molecular weight excluding hydrogens is 266 g/mol. The van der Waals surface area contributed by atoms with Crippen LogP contribution in [0.25, 0.3) is 11.2 Å². The third-order valence-electron chi connectivity index (χ3n) is 3.19. The first-order chi connectivity index (χ1) is 8.57. The van der Waals surface area contributed by atoms with Crippen molar-refractivity contribution >= 4 is 17.0 Å². The number of quaternary nitrogens is 1. The molecule has 0 spiro atoms.